The first-order chi connectivity index (χ1) is 11.4. The summed E-state index contributed by atoms with van der Waals surface area (Å²) in [5.74, 6) is -1.57. The van der Waals surface area contributed by atoms with Crippen LogP contribution in [0.4, 0.5) is 4.39 Å². The van der Waals surface area contributed by atoms with E-state index in [4.69, 9.17) is 0 Å². The summed E-state index contributed by atoms with van der Waals surface area (Å²) in [6, 6.07) is 4.65. The van der Waals surface area contributed by atoms with Gasteiger partial charge in [-0.05, 0) is 31.2 Å². The average Bonchev–Trinajstić information content (AvgIpc) is 3.05. The van der Waals surface area contributed by atoms with E-state index in [9.17, 15) is 18.8 Å². The van der Waals surface area contributed by atoms with E-state index in [1.165, 1.54) is 36.0 Å². The molecule has 1 atom stereocenters. The zero-order valence-corrected chi connectivity index (χ0v) is 13.0. The molecule has 1 aliphatic heterocycles. The van der Waals surface area contributed by atoms with Crippen LogP contribution in [0.1, 0.15) is 22.9 Å². The number of hydrogen-bond acceptors (Lipinski definition) is 5. The fourth-order valence-electron chi connectivity index (χ4n) is 2.40. The third kappa shape index (κ3) is 2.75. The summed E-state index contributed by atoms with van der Waals surface area (Å²) in [7, 11) is 1.36. The Kier molecular flexibility index (Phi) is 3.84. The van der Waals surface area contributed by atoms with Crippen LogP contribution in [0.2, 0.25) is 0 Å². The van der Waals surface area contributed by atoms with Crippen LogP contribution in [-0.4, -0.2) is 50.5 Å². The molecule has 0 radical (unpaired) electrons. The van der Waals surface area contributed by atoms with Gasteiger partial charge in [-0.25, -0.2) is 14.1 Å². The Morgan fingerprint density at radius 2 is 1.96 bits per heavy atom. The van der Waals surface area contributed by atoms with Crippen molar-refractivity contribution < 1.29 is 18.8 Å². The maximum Gasteiger partial charge on any atom is 0.291 e. The normalized spacial score (nSPS) is 17.5. The average molecular weight is 331 g/mol. The third-order valence-corrected chi connectivity index (χ3v) is 3.73. The van der Waals surface area contributed by atoms with Gasteiger partial charge in [-0.15, -0.1) is 5.10 Å². The van der Waals surface area contributed by atoms with Crippen molar-refractivity contribution in [3.05, 3.63) is 41.7 Å². The van der Waals surface area contributed by atoms with Crippen LogP contribution >= 0.6 is 0 Å². The SMILES string of the molecule is Cc1nc(C(=O)NC2CC(=O)N(C)C2=O)nn1-c1ccc(F)cc1. The molecule has 2 heterocycles. The molecule has 124 valence electrons. The number of halogens is 1. The van der Waals surface area contributed by atoms with E-state index in [0.29, 0.717) is 11.5 Å². The van der Waals surface area contributed by atoms with E-state index < -0.39 is 17.9 Å². The van der Waals surface area contributed by atoms with Crippen molar-refractivity contribution in [1.82, 2.24) is 25.0 Å². The highest BCUT2D eigenvalue weighted by atomic mass is 19.1. The van der Waals surface area contributed by atoms with Crippen LogP contribution in [0.3, 0.4) is 0 Å². The van der Waals surface area contributed by atoms with Gasteiger partial charge >= 0.3 is 0 Å². The molecule has 1 aromatic heterocycles. The highest BCUT2D eigenvalue weighted by Crippen LogP contribution is 2.13. The third-order valence-electron chi connectivity index (χ3n) is 3.73. The molecule has 2 aromatic rings. The van der Waals surface area contributed by atoms with Gasteiger partial charge in [-0.1, -0.05) is 0 Å². The minimum Gasteiger partial charge on any atom is -0.337 e. The number of nitrogens with zero attached hydrogens (tertiary/aromatic N) is 4. The van der Waals surface area contributed by atoms with Crippen molar-refractivity contribution in [3.63, 3.8) is 0 Å². The predicted octanol–water partition coefficient (Wildman–Crippen LogP) is 0.202. The number of carbonyl (C=O) groups excluding carboxylic acids is 3. The molecule has 1 N–H and O–H groups in total. The lowest BCUT2D eigenvalue weighted by Gasteiger charge is -2.09. The summed E-state index contributed by atoms with van der Waals surface area (Å²) >= 11 is 0. The first-order valence-corrected chi connectivity index (χ1v) is 7.17. The summed E-state index contributed by atoms with van der Waals surface area (Å²) in [5.41, 5.74) is 0.548. The molecule has 9 heteroatoms. The van der Waals surface area contributed by atoms with E-state index >= 15 is 0 Å². The summed E-state index contributed by atoms with van der Waals surface area (Å²) in [4.78, 5) is 40.5. The predicted molar refractivity (Wildman–Crippen MR) is 79.7 cm³/mol. The Hall–Kier alpha value is -3.10. The number of aromatic nitrogens is 3. The molecule has 24 heavy (non-hydrogen) atoms. The van der Waals surface area contributed by atoms with Crippen molar-refractivity contribution in [2.24, 2.45) is 0 Å². The topological polar surface area (TPSA) is 97.2 Å². The number of likely N-dealkylation sites (tertiary alicyclic amines) is 1. The van der Waals surface area contributed by atoms with Gasteiger partial charge < -0.3 is 5.32 Å². The van der Waals surface area contributed by atoms with Gasteiger partial charge in [0.15, 0.2) is 0 Å². The molecule has 8 nitrogen and oxygen atoms in total. The lowest BCUT2D eigenvalue weighted by Crippen LogP contribution is -2.41. The largest absolute Gasteiger partial charge is 0.337 e. The molecule has 1 aromatic carbocycles. The highest BCUT2D eigenvalue weighted by Gasteiger charge is 2.37. The molecule has 1 saturated heterocycles. The number of benzene rings is 1. The number of aryl methyl sites for hydroxylation is 1. The molecule has 1 aliphatic rings. The summed E-state index contributed by atoms with van der Waals surface area (Å²) in [6.45, 7) is 1.64. The molecule has 3 rings (SSSR count). The molecule has 0 saturated carbocycles. The minimum absolute atomic E-state index is 0.0846. The lowest BCUT2D eigenvalue weighted by atomic mass is 10.2. The molecule has 3 amide bonds. The van der Waals surface area contributed by atoms with Crippen molar-refractivity contribution in [2.75, 3.05) is 7.05 Å². The van der Waals surface area contributed by atoms with Crippen LogP contribution in [-0.2, 0) is 9.59 Å². The van der Waals surface area contributed by atoms with Gasteiger partial charge in [-0.2, -0.15) is 0 Å². The van der Waals surface area contributed by atoms with Crippen molar-refractivity contribution in [2.45, 2.75) is 19.4 Å². The zero-order valence-electron chi connectivity index (χ0n) is 13.0. The van der Waals surface area contributed by atoms with Crippen LogP contribution in [0, 0.1) is 12.7 Å². The highest BCUT2D eigenvalue weighted by molar-refractivity contribution is 6.07. The smallest absolute Gasteiger partial charge is 0.291 e. The van der Waals surface area contributed by atoms with Gasteiger partial charge in [0.05, 0.1) is 12.1 Å². The Labute approximate surface area is 136 Å². The Bertz CT molecular complexity index is 830. The standard InChI is InChI=1S/C15H14FN5O3/c1-8-17-13(19-21(8)10-5-3-9(16)4-6-10)14(23)18-11-7-12(22)20(2)15(11)24/h3-6,11H,7H2,1-2H3,(H,18,23). The maximum absolute atomic E-state index is 13.0. The second kappa shape index (κ2) is 5.84. The number of amides is 3. The first-order valence-electron chi connectivity index (χ1n) is 7.17. The number of likely N-dealkylation sites (N-methyl/N-ethyl adjacent to an activating group) is 1. The number of nitrogens with one attached hydrogen (secondary N) is 1. The first kappa shape index (κ1) is 15.8. The van der Waals surface area contributed by atoms with Gasteiger partial charge in [0.25, 0.3) is 11.8 Å². The molecule has 0 spiro atoms. The summed E-state index contributed by atoms with van der Waals surface area (Å²) < 4.78 is 14.4. The molecule has 0 bridgehead atoms. The van der Waals surface area contributed by atoms with Gasteiger partial charge in [0.2, 0.25) is 11.7 Å². The summed E-state index contributed by atoms with van der Waals surface area (Å²) in [6.07, 6.45) is -0.0846. The van der Waals surface area contributed by atoms with Gasteiger partial charge in [0, 0.05) is 7.05 Å². The number of imide groups is 1. The monoisotopic (exact) mass is 331 g/mol. The van der Waals surface area contributed by atoms with Crippen molar-refractivity contribution in [1.29, 1.82) is 0 Å². The Morgan fingerprint density at radius 3 is 2.54 bits per heavy atom. The van der Waals surface area contributed by atoms with E-state index in [2.05, 4.69) is 15.4 Å². The van der Waals surface area contributed by atoms with E-state index in [1.54, 1.807) is 6.92 Å². The molecule has 1 fully saturated rings. The number of rotatable bonds is 3. The van der Waals surface area contributed by atoms with E-state index in [-0.39, 0.29) is 24.0 Å². The fourth-order valence-corrected chi connectivity index (χ4v) is 2.40. The quantitative estimate of drug-likeness (QED) is 0.811. The Balaban J connectivity index is 1.79. The van der Waals surface area contributed by atoms with Crippen LogP contribution < -0.4 is 5.32 Å². The van der Waals surface area contributed by atoms with Gasteiger partial charge in [0.1, 0.15) is 17.7 Å². The van der Waals surface area contributed by atoms with Crippen LogP contribution in [0.5, 0.6) is 0 Å². The van der Waals surface area contributed by atoms with Crippen LogP contribution in [0.25, 0.3) is 5.69 Å². The van der Waals surface area contributed by atoms with Crippen molar-refractivity contribution in [3.8, 4) is 5.69 Å². The number of hydrogen-bond donors (Lipinski definition) is 1. The van der Waals surface area contributed by atoms with Gasteiger partial charge in [-0.3, -0.25) is 19.3 Å². The maximum atomic E-state index is 13.0. The van der Waals surface area contributed by atoms with E-state index in [1.807, 2.05) is 0 Å². The molecular weight excluding hydrogens is 317 g/mol. The summed E-state index contributed by atoms with van der Waals surface area (Å²) in [5, 5.41) is 6.53. The second-order valence-corrected chi connectivity index (χ2v) is 5.39. The zero-order chi connectivity index (χ0) is 17.4. The lowest BCUT2D eigenvalue weighted by molar-refractivity contribution is -0.137. The second-order valence-electron chi connectivity index (χ2n) is 5.39. The minimum atomic E-state index is -0.909. The van der Waals surface area contributed by atoms with Crippen LogP contribution in [0.15, 0.2) is 24.3 Å². The van der Waals surface area contributed by atoms with E-state index in [0.717, 1.165) is 4.90 Å². The molecular formula is C15H14FN5O3. The molecule has 0 aliphatic carbocycles. The fraction of sp³-hybridized carbons (Fsp3) is 0.267. The van der Waals surface area contributed by atoms with Crippen molar-refractivity contribution >= 4 is 17.7 Å². The molecule has 1 unspecified atom stereocenters. The Morgan fingerprint density at radius 1 is 1.29 bits per heavy atom. The number of carbonyl (C=O) groups is 3.